The largest absolute Gasteiger partial charge is 0.456 e. The van der Waals surface area contributed by atoms with Gasteiger partial charge in [0, 0.05) is 10.8 Å². The van der Waals surface area contributed by atoms with Gasteiger partial charge in [-0.1, -0.05) is 35.9 Å². The summed E-state index contributed by atoms with van der Waals surface area (Å²) >= 11 is 0. The molecule has 0 saturated heterocycles. The Morgan fingerprint density at radius 3 is 2.37 bits per heavy atom. The van der Waals surface area contributed by atoms with E-state index in [1.165, 1.54) is 5.56 Å². The lowest BCUT2D eigenvalue weighted by molar-refractivity contribution is 0.643. The second kappa shape index (κ2) is 5.51. The summed E-state index contributed by atoms with van der Waals surface area (Å²) in [5.41, 5.74) is 9.18. The highest BCUT2D eigenvalue weighted by atomic mass is 16.4. The number of aromatic nitrogens is 2. The van der Waals surface area contributed by atoms with E-state index in [2.05, 4.69) is 70.9 Å². The summed E-state index contributed by atoms with van der Waals surface area (Å²) in [5, 5.41) is 2.29. The highest BCUT2D eigenvalue weighted by Gasteiger charge is 2.14. The van der Waals surface area contributed by atoms with E-state index in [1.54, 1.807) is 0 Å². The molecule has 142 valence electrons. The Kier molecular flexibility index (Phi) is 2.91. The van der Waals surface area contributed by atoms with Crippen LogP contribution in [0.3, 0.4) is 0 Å². The molecule has 0 aliphatic rings. The average Bonchev–Trinajstić information content (AvgIpc) is 3.42. The fourth-order valence-electron chi connectivity index (χ4n) is 4.43. The van der Waals surface area contributed by atoms with E-state index in [4.69, 9.17) is 8.83 Å². The summed E-state index contributed by atoms with van der Waals surface area (Å²) in [5.74, 6) is 0.620. The zero-order valence-electron chi connectivity index (χ0n) is 16.2. The van der Waals surface area contributed by atoms with Crippen LogP contribution in [0.2, 0.25) is 0 Å². The molecular formula is C26H16N2O2. The number of furan rings is 1. The number of oxazole rings is 1. The topological polar surface area (TPSA) is 43.6 Å². The predicted molar refractivity (Wildman–Crippen MR) is 120 cm³/mol. The smallest absolute Gasteiger partial charge is 0.307 e. The standard InChI is InChI=1S/C26H16N2O2/c1-15-6-10-23-18(12-15)19-13-16(8-11-24(19)29-23)17-7-9-20-22(14-17)28-21-4-2-3-5-25(21)30-26(28)27-20/h2-14H,1H3. The van der Waals surface area contributed by atoms with Crippen molar-refractivity contribution in [3.63, 3.8) is 0 Å². The second-order valence-electron chi connectivity index (χ2n) is 7.82. The Morgan fingerprint density at radius 2 is 1.43 bits per heavy atom. The van der Waals surface area contributed by atoms with Crippen LogP contribution in [0, 0.1) is 6.92 Å². The van der Waals surface area contributed by atoms with Crippen molar-refractivity contribution in [3.05, 3.63) is 84.4 Å². The number of para-hydroxylation sites is 2. The van der Waals surface area contributed by atoms with Crippen LogP contribution in [0.15, 0.2) is 87.7 Å². The van der Waals surface area contributed by atoms with Crippen molar-refractivity contribution in [3.8, 4) is 11.1 Å². The van der Waals surface area contributed by atoms with Crippen molar-refractivity contribution in [1.82, 2.24) is 9.38 Å². The molecule has 0 atom stereocenters. The van der Waals surface area contributed by atoms with Crippen molar-refractivity contribution >= 4 is 49.9 Å². The van der Waals surface area contributed by atoms with E-state index in [0.29, 0.717) is 5.84 Å². The quantitative estimate of drug-likeness (QED) is 0.301. The molecule has 0 bridgehead atoms. The molecule has 3 heterocycles. The molecule has 7 rings (SSSR count). The van der Waals surface area contributed by atoms with E-state index >= 15 is 0 Å². The fraction of sp³-hybridized carbons (Fsp3) is 0.0385. The highest BCUT2D eigenvalue weighted by Crippen LogP contribution is 2.34. The Labute approximate surface area is 171 Å². The zero-order chi connectivity index (χ0) is 19.8. The molecule has 0 spiro atoms. The van der Waals surface area contributed by atoms with E-state index in [-0.39, 0.29) is 0 Å². The maximum Gasteiger partial charge on any atom is 0.307 e. The first kappa shape index (κ1) is 15.8. The molecule has 30 heavy (non-hydrogen) atoms. The number of rotatable bonds is 1. The lowest BCUT2D eigenvalue weighted by Gasteiger charge is -2.03. The maximum atomic E-state index is 6.03. The van der Waals surface area contributed by atoms with Crippen LogP contribution in [0.1, 0.15) is 5.56 Å². The number of nitrogens with zero attached hydrogens (tertiary/aromatic N) is 2. The molecule has 4 nitrogen and oxygen atoms in total. The van der Waals surface area contributed by atoms with Crippen LogP contribution in [0.4, 0.5) is 0 Å². The molecule has 7 aromatic rings. The minimum absolute atomic E-state index is 0.620. The van der Waals surface area contributed by atoms with Gasteiger partial charge in [0.25, 0.3) is 0 Å². The van der Waals surface area contributed by atoms with Crippen molar-refractivity contribution in [2.24, 2.45) is 0 Å². The predicted octanol–water partition coefficient (Wildman–Crippen LogP) is 7.11. The number of hydrogen-bond acceptors (Lipinski definition) is 3. The number of benzene rings is 4. The van der Waals surface area contributed by atoms with Crippen LogP contribution < -0.4 is 0 Å². The van der Waals surface area contributed by atoms with Gasteiger partial charge in [0.2, 0.25) is 0 Å². The molecule has 4 heteroatoms. The van der Waals surface area contributed by atoms with Gasteiger partial charge in [-0.05, 0) is 66.6 Å². The van der Waals surface area contributed by atoms with Gasteiger partial charge >= 0.3 is 5.84 Å². The van der Waals surface area contributed by atoms with Crippen molar-refractivity contribution in [2.45, 2.75) is 6.92 Å². The molecule has 0 aliphatic carbocycles. The third-order valence-corrected chi connectivity index (χ3v) is 5.89. The van der Waals surface area contributed by atoms with Gasteiger partial charge in [-0.25, -0.2) is 0 Å². The summed E-state index contributed by atoms with van der Waals surface area (Å²) in [6.07, 6.45) is 0. The fourth-order valence-corrected chi connectivity index (χ4v) is 4.43. The Balaban J connectivity index is 1.50. The molecule has 0 unspecified atom stereocenters. The Bertz CT molecular complexity index is 1760. The van der Waals surface area contributed by atoms with Gasteiger partial charge in [0.1, 0.15) is 11.2 Å². The first-order valence-electron chi connectivity index (χ1n) is 9.98. The van der Waals surface area contributed by atoms with Gasteiger partial charge in [0.05, 0.1) is 16.6 Å². The summed E-state index contributed by atoms with van der Waals surface area (Å²) in [6, 6.07) is 27.1. The van der Waals surface area contributed by atoms with Crippen molar-refractivity contribution < 1.29 is 8.83 Å². The van der Waals surface area contributed by atoms with Gasteiger partial charge < -0.3 is 8.83 Å². The number of hydrogen-bond donors (Lipinski definition) is 0. The molecular weight excluding hydrogens is 372 g/mol. The molecule has 3 aromatic heterocycles. The van der Waals surface area contributed by atoms with Gasteiger partial charge in [-0.2, -0.15) is 4.98 Å². The third kappa shape index (κ3) is 2.08. The number of imidazole rings is 1. The Hall–Kier alpha value is -4.05. The van der Waals surface area contributed by atoms with Crippen molar-refractivity contribution in [2.75, 3.05) is 0 Å². The molecule has 0 radical (unpaired) electrons. The van der Waals surface area contributed by atoms with Gasteiger partial charge in [-0.15, -0.1) is 0 Å². The lowest BCUT2D eigenvalue weighted by atomic mass is 10.0. The van der Waals surface area contributed by atoms with Gasteiger partial charge in [0.15, 0.2) is 5.58 Å². The van der Waals surface area contributed by atoms with Crippen LogP contribution in [0.5, 0.6) is 0 Å². The molecule has 4 aromatic carbocycles. The molecule has 0 fully saturated rings. The van der Waals surface area contributed by atoms with Crippen LogP contribution >= 0.6 is 0 Å². The average molecular weight is 388 g/mol. The monoisotopic (exact) mass is 388 g/mol. The van der Waals surface area contributed by atoms with E-state index in [9.17, 15) is 0 Å². The summed E-state index contributed by atoms with van der Waals surface area (Å²) in [6.45, 7) is 2.11. The molecule has 0 N–H and O–H groups in total. The molecule has 0 aliphatic heterocycles. The lowest BCUT2D eigenvalue weighted by Crippen LogP contribution is -1.83. The van der Waals surface area contributed by atoms with Crippen LogP contribution in [0.25, 0.3) is 61.0 Å². The molecule has 0 amide bonds. The Morgan fingerprint density at radius 1 is 0.667 bits per heavy atom. The van der Waals surface area contributed by atoms with E-state index in [0.717, 1.165) is 55.2 Å². The van der Waals surface area contributed by atoms with Crippen LogP contribution in [-0.2, 0) is 0 Å². The minimum atomic E-state index is 0.620. The maximum absolute atomic E-state index is 6.03. The number of fused-ring (bicyclic) bond motifs is 8. The normalized spacial score (nSPS) is 12.2. The van der Waals surface area contributed by atoms with Gasteiger partial charge in [-0.3, -0.25) is 4.40 Å². The van der Waals surface area contributed by atoms with E-state index < -0.39 is 0 Å². The number of aryl methyl sites for hydroxylation is 1. The van der Waals surface area contributed by atoms with E-state index in [1.807, 2.05) is 24.3 Å². The summed E-state index contributed by atoms with van der Waals surface area (Å²) in [4.78, 5) is 4.66. The molecule has 0 saturated carbocycles. The summed E-state index contributed by atoms with van der Waals surface area (Å²) < 4.78 is 14.0. The van der Waals surface area contributed by atoms with Crippen molar-refractivity contribution in [1.29, 1.82) is 0 Å². The minimum Gasteiger partial charge on any atom is -0.456 e. The first-order valence-corrected chi connectivity index (χ1v) is 9.98. The third-order valence-electron chi connectivity index (χ3n) is 5.89. The highest BCUT2D eigenvalue weighted by molar-refractivity contribution is 6.06. The van der Waals surface area contributed by atoms with Crippen LogP contribution in [-0.4, -0.2) is 9.38 Å². The summed E-state index contributed by atoms with van der Waals surface area (Å²) in [7, 11) is 0. The SMILES string of the molecule is Cc1ccc2oc3ccc(-c4ccc5nc6oc7ccccc7n6c5c4)cc3c2c1. The first-order chi connectivity index (χ1) is 14.7. The second-order valence-corrected chi connectivity index (χ2v) is 7.82. The zero-order valence-corrected chi connectivity index (χ0v) is 16.2.